The van der Waals surface area contributed by atoms with Crippen molar-refractivity contribution in [3.05, 3.63) is 35.9 Å². The number of hydrogen-bond donors (Lipinski definition) is 5. The van der Waals surface area contributed by atoms with Crippen molar-refractivity contribution in [3.63, 3.8) is 0 Å². The van der Waals surface area contributed by atoms with Crippen LogP contribution in [0.1, 0.15) is 12.5 Å². The third-order valence-corrected chi connectivity index (χ3v) is 3.02. The van der Waals surface area contributed by atoms with Gasteiger partial charge >= 0.3 is 6.09 Å². The lowest BCUT2D eigenvalue weighted by Crippen LogP contribution is -2.49. The number of benzene rings is 1. The quantitative estimate of drug-likeness (QED) is 0.469. The Bertz CT molecular complexity index is 399. The highest BCUT2D eigenvalue weighted by atomic mass is 16.4. The second-order valence-corrected chi connectivity index (χ2v) is 4.80. The van der Waals surface area contributed by atoms with E-state index < -0.39 is 18.2 Å². The molecule has 0 aliphatic carbocycles. The standard InChI is InChI=1S/C14H22N2O4/c1-10(9-17)15-8-13(18)12(16-14(19)20)7-11-5-3-2-4-6-11/h2-6,10,12-13,15-18H,7-9H2,1H3,(H,19,20)/t10-,12-,13+/m0/s1. The summed E-state index contributed by atoms with van der Waals surface area (Å²) in [5, 5.41) is 33.1. The summed E-state index contributed by atoms with van der Waals surface area (Å²) in [6, 6.07) is 8.63. The normalized spacial score (nSPS) is 15.3. The maximum atomic E-state index is 10.8. The van der Waals surface area contributed by atoms with Gasteiger partial charge in [-0.3, -0.25) is 0 Å². The zero-order valence-electron chi connectivity index (χ0n) is 11.5. The van der Waals surface area contributed by atoms with E-state index in [1.807, 2.05) is 30.3 Å². The molecule has 1 aromatic rings. The van der Waals surface area contributed by atoms with Gasteiger partial charge in [0, 0.05) is 12.6 Å². The number of rotatable bonds is 8. The third-order valence-electron chi connectivity index (χ3n) is 3.02. The molecule has 6 heteroatoms. The first-order chi connectivity index (χ1) is 9.52. The Kier molecular flexibility index (Phi) is 7.00. The van der Waals surface area contributed by atoms with Gasteiger partial charge in [0.25, 0.3) is 0 Å². The summed E-state index contributed by atoms with van der Waals surface area (Å²) in [6.07, 6.45) is -1.63. The zero-order chi connectivity index (χ0) is 15.0. The molecule has 0 fully saturated rings. The van der Waals surface area contributed by atoms with Crippen LogP contribution >= 0.6 is 0 Å². The van der Waals surface area contributed by atoms with Gasteiger partial charge < -0.3 is 26.0 Å². The molecule has 20 heavy (non-hydrogen) atoms. The van der Waals surface area contributed by atoms with Crippen LogP contribution in [0, 0.1) is 0 Å². The van der Waals surface area contributed by atoms with Crippen LogP contribution < -0.4 is 10.6 Å². The van der Waals surface area contributed by atoms with E-state index >= 15 is 0 Å². The second kappa shape index (κ2) is 8.52. The molecule has 1 amide bonds. The largest absolute Gasteiger partial charge is 0.465 e. The van der Waals surface area contributed by atoms with Gasteiger partial charge in [0.05, 0.1) is 18.8 Å². The molecule has 0 unspecified atom stereocenters. The summed E-state index contributed by atoms with van der Waals surface area (Å²) in [5.41, 5.74) is 0.945. The first-order valence-electron chi connectivity index (χ1n) is 6.58. The van der Waals surface area contributed by atoms with E-state index in [4.69, 9.17) is 10.2 Å². The van der Waals surface area contributed by atoms with E-state index in [2.05, 4.69) is 10.6 Å². The van der Waals surface area contributed by atoms with Gasteiger partial charge in [0.15, 0.2) is 0 Å². The lowest BCUT2D eigenvalue weighted by atomic mass is 10.0. The van der Waals surface area contributed by atoms with Gasteiger partial charge in [0.2, 0.25) is 0 Å². The van der Waals surface area contributed by atoms with Crippen molar-refractivity contribution in [2.45, 2.75) is 31.5 Å². The Hall–Kier alpha value is -1.63. The summed E-state index contributed by atoms with van der Waals surface area (Å²) < 4.78 is 0. The average molecular weight is 282 g/mol. The van der Waals surface area contributed by atoms with Gasteiger partial charge in [-0.1, -0.05) is 30.3 Å². The van der Waals surface area contributed by atoms with E-state index in [1.54, 1.807) is 6.92 Å². The summed E-state index contributed by atoms with van der Waals surface area (Å²) in [5.74, 6) is 0. The minimum absolute atomic E-state index is 0.0393. The van der Waals surface area contributed by atoms with Crippen LogP contribution in [0.4, 0.5) is 4.79 Å². The highest BCUT2D eigenvalue weighted by molar-refractivity contribution is 5.65. The SMILES string of the molecule is C[C@@H](CO)NC[C@@H](O)[C@H](Cc1ccccc1)NC(=O)O. The number of carboxylic acid groups (broad SMARTS) is 1. The fourth-order valence-electron chi connectivity index (χ4n) is 1.84. The van der Waals surface area contributed by atoms with Crippen molar-refractivity contribution in [2.75, 3.05) is 13.2 Å². The van der Waals surface area contributed by atoms with Gasteiger partial charge in [-0.15, -0.1) is 0 Å². The first kappa shape index (κ1) is 16.4. The van der Waals surface area contributed by atoms with Crippen LogP contribution in [-0.4, -0.2) is 52.8 Å². The molecule has 0 radical (unpaired) electrons. The van der Waals surface area contributed by atoms with Crippen molar-refractivity contribution in [1.29, 1.82) is 0 Å². The molecule has 0 saturated heterocycles. The number of aliphatic hydroxyl groups is 2. The van der Waals surface area contributed by atoms with Crippen molar-refractivity contribution in [3.8, 4) is 0 Å². The monoisotopic (exact) mass is 282 g/mol. The lowest BCUT2D eigenvalue weighted by Gasteiger charge is -2.24. The predicted molar refractivity (Wildman–Crippen MR) is 75.7 cm³/mol. The molecular weight excluding hydrogens is 260 g/mol. The molecule has 1 rings (SSSR count). The summed E-state index contributed by atoms with van der Waals surface area (Å²) in [4.78, 5) is 10.8. The Labute approximate surface area is 118 Å². The lowest BCUT2D eigenvalue weighted by molar-refractivity contribution is 0.112. The van der Waals surface area contributed by atoms with E-state index in [-0.39, 0.29) is 19.2 Å². The first-order valence-corrected chi connectivity index (χ1v) is 6.58. The van der Waals surface area contributed by atoms with Gasteiger partial charge in [0.1, 0.15) is 0 Å². The summed E-state index contributed by atoms with van der Waals surface area (Å²) in [7, 11) is 0. The smallest absolute Gasteiger partial charge is 0.404 e. The highest BCUT2D eigenvalue weighted by Crippen LogP contribution is 2.06. The molecule has 5 N–H and O–H groups in total. The topological polar surface area (TPSA) is 102 Å². The van der Waals surface area contributed by atoms with Gasteiger partial charge in [-0.05, 0) is 18.9 Å². The molecule has 0 saturated carbocycles. The molecule has 0 aliphatic heterocycles. The van der Waals surface area contributed by atoms with E-state index in [1.165, 1.54) is 0 Å². The molecule has 112 valence electrons. The molecule has 3 atom stereocenters. The molecular formula is C14H22N2O4. The number of aliphatic hydroxyl groups excluding tert-OH is 2. The van der Waals surface area contributed by atoms with E-state index in [0.717, 1.165) is 5.56 Å². The number of carbonyl (C=O) groups is 1. The summed E-state index contributed by atoms with van der Waals surface area (Å²) >= 11 is 0. The number of hydrogen-bond acceptors (Lipinski definition) is 4. The fraction of sp³-hybridized carbons (Fsp3) is 0.500. The Morgan fingerprint density at radius 1 is 1.30 bits per heavy atom. The minimum atomic E-state index is -1.17. The van der Waals surface area contributed by atoms with Crippen LogP contribution in [0.5, 0.6) is 0 Å². The fourth-order valence-corrected chi connectivity index (χ4v) is 1.84. The third kappa shape index (κ3) is 6.01. The maximum Gasteiger partial charge on any atom is 0.404 e. The van der Waals surface area contributed by atoms with Crippen molar-refractivity contribution < 1.29 is 20.1 Å². The number of amides is 1. The van der Waals surface area contributed by atoms with E-state index in [0.29, 0.717) is 6.42 Å². The van der Waals surface area contributed by atoms with Crippen molar-refractivity contribution >= 4 is 6.09 Å². The van der Waals surface area contributed by atoms with Crippen LogP contribution in [0.3, 0.4) is 0 Å². The molecule has 0 aromatic heterocycles. The van der Waals surface area contributed by atoms with E-state index in [9.17, 15) is 9.90 Å². The van der Waals surface area contributed by atoms with Gasteiger partial charge in [-0.25, -0.2) is 4.79 Å². The Balaban J connectivity index is 2.61. The molecule has 0 aliphatic rings. The average Bonchev–Trinajstić information content (AvgIpc) is 2.44. The van der Waals surface area contributed by atoms with Crippen molar-refractivity contribution in [1.82, 2.24) is 10.6 Å². The minimum Gasteiger partial charge on any atom is -0.465 e. The molecule has 1 aromatic carbocycles. The van der Waals surface area contributed by atoms with Crippen LogP contribution in [0.2, 0.25) is 0 Å². The Morgan fingerprint density at radius 3 is 2.50 bits per heavy atom. The second-order valence-electron chi connectivity index (χ2n) is 4.80. The van der Waals surface area contributed by atoms with Crippen LogP contribution in [-0.2, 0) is 6.42 Å². The Morgan fingerprint density at radius 2 is 1.95 bits per heavy atom. The highest BCUT2D eigenvalue weighted by Gasteiger charge is 2.21. The molecule has 6 nitrogen and oxygen atoms in total. The van der Waals surface area contributed by atoms with Crippen molar-refractivity contribution in [2.24, 2.45) is 0 Å². The maximum absolute atomic E-state index is 10.8. The zero-order valence-corrected chi connectivity index (χ0v) is 11.5. The summed E-state index contributed by atoms with van der Waals surface area (Å²) in [6.45, 7) is 1.95. The molecule has 0 bridgehead atoms. The van der Waals surface area contributed by atoms with Crippen LogP contribution in [0.25, 0.3) is 0 Å². The van der Waals surface area contributed by atoms with Gasteiger partial charge in [-0.2, -0.15) is 0 Å². The number of nitrogens with one attached hydrogen (secondary N) is 2. The molecule has 0 heterocycles. The predicted octanol–water partition coefficient (Wildman–Crippen LogP) is 0.197. The molecule has 0 spiro atoms. The van der Waals surface area contributed by atoms with Crippen LogP contribution in [0.15, 0.2) is 30.3 Å².